The largest absolute Gasteiger partial charge is 0.483 e. The minimum absolute atomic E-state index is 0.176. The highest BCUT2D eigenvalue weighted by Crippen LogP contribution is 2.22. The molecule has 0 bridgehead atoms. The number of rotatable bonds is 4. The first-order valence-electron chi connectivity index (χ1n) is 6.46. The van der Waals surface area contributed by atoms with Gasteiger partial charge in [0.05, 0.1) is 5.39 Å². The zero-order valence-electron chi connectivity index (χ0n) is 11.6. The number of H-pyrrole nitrogens is 1. The van der Waals surface area contributed by atoms with Crippen LogP contribution in [0.1, 0.15) is 5.01 Å². The van der Waals surface area contributed by atoms with Gasteiger partial charge in [0.2, 0.25) is 5.13 Å². The number of aryl methyl sites for hydroxylation is 1. The topological polar surface area (TPSA) is 97.0 Å². The summed E-state index contributed by atoms with van der Waals surface area (Å²) in [6, 6.07) is 6.85. The molecule has 0 aliphatic heterocycles. The number of anilines is 1. The number of nitrogens with zero attached hydrogens (tertiary/aromatic N) is 2. The summed E-state index contributed by atoms with van der Waals surface area (Å²) in [5.41, 5.74) is -0.197. The number of aromatic amines is 1. The molecule has 2 heterocycles. The molecule has 1 aromatic carbocycles. The van der Waals surface area contributed by atoms with Crippen molar-refractivity contribution in [2.75, 3.05) is 11.9 Å². The van der Waals surface area contributed by atoms with Crippen molar-refractivity contribution < 1.29 is 9.53 Å². The minimum atomic E-state index is -0.335. The number of aromatic nitrogens is 3. The zero-order valence-corrected chi connectivity index (χ0v) is 12.4. The summed E-state index contributed by atoms with van der Waals surface area (Å²) < 4.78 is 5.51. The number of hydrogen-bond acceptors (Lipinski definition) is 6. The van der Waals surface area contributed by atoms with E-state index in [0.717, 1.165) is 5.01 Å². The molecule has 0 saturated carbocycles. The van der Waals surface area contributed by atoms with E-state index in [2.05, 4.69) is 20.5 Å². The van der Waals surface area contributed by atoms with Crippen LogP contribution in [-0.2, 0) is 4.79 Å². The van der Waals surface area contributed by atoms with Gasteiger partial charge in [-0.1, -0.05) is 17.4 Å². The molecule has 2 aromatic heterocycles. The van der Waals surface area contributed by atoms with Gasteiger partial charge in [-0.25, -0.2) is 0 Å². The van der Waals surface area contributed by atoms with Crippen molar-refractivity contribution in [2.24, 2.45) is 0 Å². The number of fused-ring (bicyclic) bond motifs is 1. The van der Waals surface area contributed by atoms with Crippen molar-refractivity contribution in [1.82, 2.24) is 15.2 Å². The maximum Gasteiger partial charge on any atom is 0.264 e. The first-order chi connectivity index (χ1) is 10.6. The molecule has 8 heteroatoms. The molecule has 0 unspecified atom stereocenters. The normalized spacial score (nSPS) is 10.6. The molecule has 0 radical (unpaired) electrons. The van der Waals surface area contributed by atoms with Gasteiger partial charge in [-0.15, -0.1) is 10.2 Å². The number of pyridine rings is 1. The molecule has 3 aromatic rings. The monoisotopic (exact) mass is 316 g/mol. The van der Waals surface area contributed by atoms with Crippen LogP contribution in [-0.4, -0.2) is 27.7 Å². The molecule has 0 aliphatic rings. The number of amides is 1. The van der Waals surface area contributed by atoms with Gasteiger partial charge in [0.15, 0.2) is 6.61 Å². The Balaban J connectivity index is 1.73. The average molecular weight is 316 g/mol. The van der Waals surface area contributed by atoms with Gasteiger partial charge in [-0.2, -0.15) is 0 Å². The van der Waals surface area contributed by atoms with Crippen LogP contribution < -0.4 is 15.6 Å². The maximum absolute atomic E-state index is 11.8. The van der Waals surface area contributed by atoms with E-state index in [-0.39, 0.29) is 18.1 Å². The number of benzene rings is 1. The van der Waals surface area contributed by atoms with Gasteiger partial charge in [0.25, 0.3) is 11.5 Å². The van der Waals surface area contributed by atoms with Crippen LogP contribution in [0.4, 0.5) is 5.13 Å². The standard InChI is InChI=1S/C14H12N4O3S/c1-8-17-18-14(22-8)16-12(19)7-21-11-4-2-3-10-9(11)5-6-15-13(10)20/h2-6H,7H2,1H3,(H,15,20)(H,16,18,19). The van der Waals surface area contributed by atoms with E-state index in [1.165, 1.54) is 11.3 Å². The van der Waals surface area contributed by atoms with Gasteiger partial charge < -0.3 is 9.72 Å². The fourth-order valence-corrected chi connectivity index (χ4v) is 2.57. The molecule has 7 nitrogen and oxygen atoms in total. The third-order valence-corrected chi connectivity index (χ3v) is 3.66. The number of hydrogen-bond donors (Lipinski definition) is 2. The van der Waals surface area contributed by atoms with Crippen molar-refractivity contribution in [3.8, 4) is 5.75 Å². The lowest BCUT2D eigenvalue weighted by Gasteiger charge is -2.08. The third kappa shape index (κ3) is 2.96. The van der Waals surface area contributed by atoms with Crippen molar-refractivity contribution in [3.63, 3.8) is 0 Å². The van der Waals surface area contributed by atoms with Crippen molar-refractivity contribution in [3.05, 3.63) is 45.8 Å². The first kappa shape index (κ1) is 14.2. The Morgan fingerprint density at radius 2 is 2.18 bits per heavy atom. The second kappa shape index (κ2) is 5.94. The SMILES string of the molecule is Cc1nnc(NC(=O)COc2cccc3c(=O)[nH]ccc23)s1. The Morgan fingerprint density at radius 1 is 1.32 bits per heavy atom. The van der Waals surface area contributed by atoms with E-state index < -0.39 is 0 Å². The van der Waals surface area contributed by atoms with E-state index >= 15 is 0 Å². The Labute approximate surface area is 129 Å². The number of ether oxygens (including phenoxy) is 1. The van der Waals surface area contributed by atoms with Crippen LogP contribution >= 0.6 is 11.3 Å². The predicted octanol–water partition coefficient (Wildman–Crippen LogP) is 1.71. The van der Waals surface area contributed by atoms with Gasteiger partial charge in [-0.05, 0) is 25.1 Å². The second-order valence-electron chi connectivity index (χ2n) is 4.49. The average Bonchev–Trinajstić information content (AvgIpc) is 2.91. The van der Waals surface area contributed by atoms with E-state index in [4.69, 9.17) is 4.74 Å². The molecule has 0 aliphatic carbocycles. The van der Waals surface area contributed by atoms with Crippen LogP contribution in [0.5, 0.6) is 5.75 Å². The Bertz CT molecular complexity index is 887. The summed E-state index contributed by atoms with van der Waals surface area (Å²) in [4.78, 5) is 26.1. The summed E-state index contributed by atoms with van der Waals surface area (Å²) >= 11 is 1.29. The lowest BCUT2D eigenvalue weighted by atomic mass is 10.1. The van der Waals surface area contributed by atoms with E-state index in [9.17, 15) is 9.59 Å². The molecular formula is C14H12N4O3S. The second-order valence-corrected chi connectivity index (χ2v) is 5.67. The molecule has 1 amide bonds. The Morgan fingerprint density at radius 3 is 2.95 bits per heavy atom. The molecule has 22 heavy (non-hydrogen) atoms. The number of carbonyl (C=O) groups excluding carboxylic acids is 1. The van der Waals surface area contributed by atoms with Crippen LogP contribution in [0.2, 0.25) is 0 Å². The van der Waals surface area contributed by atoms with Gasteiger partial charge in [0, 0.05) is 11.6 Å². The molecule has 0 fully saturated rings. The number of nitrogens with one attached hydrogen (secondary N) is 2. The van der Waals surface area contributed by atoms with E-state index in [1.54, 1.807) is 37.4 Å². The summed E-state index contributed by atoms with van der Waals surface area (Å²) in [6.45, 7) is 1.63. The first-order valence-corrected chi connectivity index (χ1v) is 7.28. The highest BCUT2D eigenvalue weighted by Gasteiger charge is 2.09. The molecule has 112 valence electrons. The highest BCUT2D eigenvalue weighted by molar-refractivity contribution is 7.15. The van der Waals surface area contributed by atoms with Crippen LogP contribution in [0.15, 0.2) is 35.3 Å². The lowest BCUT2D eigenvalue weighted by Crippen LogP contribution is -2.20. The Kier molecular flexibility index (Phi) is 3.84. The van der Waals surface area contributed by atoms with E-state index in [1.807, 2.05) is 0 Å². The highest BCUT2D eigenvalue weighted by atomic mass is 32.1. The van der Waals surface area contributed by atoms with Gasteiger partial charge >= 0.3 is 0 Å². The molecule has 2 N–H and O–H groups in total. The smallest absolute Gasteiger partial charge is 0.264 e. The molecule has 3 rings (SSSR count). The van der Waals surface area contributed by atoms with E-state index in [0.29, 0.717) is 21.7 Å². The minimum Gasteiger partial charge on any atom is -0.483 e. The van der Waals surface area contributed by atoms with Gasteiger partial charge in [-0.3, -0.25) is 14.9 Å². The lowest BCUT2D eigenvalue weighted by molar-refractivity contribution is -0.118. The zero-order chi connectivity index (χ0) is 15.5. The quantitative estimate of drug-likeness (QED) is 0.763. The van der Waals surface area contributed by atoms with Crippen molar-refractivity contribution in [1.29, 1.82) is 0 Å². The molecule has 0 atom stereocenters. The van der Waals surface area contributed by atoms with Crippen LogP contribution in [0.3, 0.4) is 0 Å². The van der Waals surface area contributed by atoms with Crippen LogP contribution in [0, 0.1) is 6.92 Å². The summed E-state index contributed by atoms with van der Waals surface area (Å²) in [5.74, 6) is 0.144. The van der Waals surface area contributed by atoms with Crippen LogP contribution in [0.25, 0.3) is 10.8 Å². The predicted molar refractivity (Wildman–Crippen MR) is 83.3 cm³/mol. The fourth-order valence-electron chi connectivity index (χ4n) is 1.96. The summed E-state index contributed by atoms with van der Waals surface area (Å²) in [7, 11) is 0. The Hall–Kier alpha value is -2.74. The molecule has 0 saturated heterocycles. The maximum atomic E-state index is 11.8. The van der Waals surface area contributed by atoms with Crippen molar-refractivity contribution in [2.45, 2.75) is 6.92 Å². The van der Waals surface area contributed by atoms with Crippen molar-refractivity contribution >= 4 is 33.1 Å². The fraction of sp³-hybridized carbons (Fsp3) is 0.143. The summed E-state index contributed by atoms with van der Waals surface area (Å²) in [5, 5.41) is 12.6. The number of carbonyl (C=O) groups is 1. The summed E-state index contributed by atoms with van der Waals surface area (Å²) in [6.07, 6.45) is 1.54. The molecule has 0 spiro atoms. The third-order valence-electron chi connectivity index (χ3n) is 2.91. The van der Waals surface area contributed by atoms with Gasteiger partial charge in [0.1, 0.15) is 10.8 Å². The molecular weight excluding hydrogens is 304 g/mol.